The second-order valence-electron chi connectivity index (χ2n) is 5.26. The van der Waals surface area contributed by atoms with Gasteiger partial charge >= 0.3 is 0 Å². The maximum atomic E-state index is 13.0. The van der Waals surface area contributed by atoms with E-state index < -0.39 is 9.84 Å². The van der Waals surface area contributed by atoms with Crippen molar-refractivity contribution in [2.45, 2.75) is 9.92 Å². The van der Waals surface area contributed by atoms with E-state index in [9.17, 15) is 8.42 Å². The highest BCUT2D eigenvalue weighted by Gasteiger charge is 2.28. The zero-order valence-electron chi connectivity index (χ0n) is 13.4. The molecule has 0 unspecified atom stereocenters. The standard InChI is InChI=1S/C18H14Cl2N2O3S/c1-2-11-21-17-18(26(23,24)13-9-7-12(19)8-10-13)22-16(25-17)14-5-3-4-6-15(14)20/h2-10,21H,1,11H2. The van der Waals surface area contributed by atoms with Crippen molar-refractivity contribution in [1.82, 2.24) is 4.98 Å². The maximum Gasteiger partial charge on any atom is 0.234 e. The summed E-state index contributed by atoms with van der Waals surface area (Å²) in [4.78, 5) is 4.25. The van der Waals surface area contributed by atoms with Crippen molar-refractivity contribution in [3.05, 3.63) is 71.2 Å². The predicted octanol–water partition coefficient (Wildman–Crippen LogP) is 5.08. The highest BCUT2D eigenvalue weighted by atomic mass is 35.5. The number of halogens is 2. The lowest BCUT2D eigenvalue weighted by Crippen LogP contribution is -2.07. The van der Waals surface area contributed by atoms with Crippen molar-refractivity contribution in [2.75, 3.05) is 11.9 Å². The monoisotopic (exact) mass is 408 g/mol. The smallest absolute Gasteiger partial charge is 0.234 e. The molecule has 1 N–H and O–H groups in total. The molecule has 5 nitrogen and oxygen atoms in total. The molecule has 0 aliphatic rings. The summed E-state index contributed by atoms with van der Waals surface area (Å²) in [5.41, 5.74) is 0.494. The molecule has 0 fully saturated rings. The van der Waals surface area contributed by atoms with Gasteiger partial charge in [-0.1, -0.05) is 41.4 Å². The molecule has 3 aromatic rings. The van der Waals surface area contributed by atoms with Crippen LogP contribution in [0.3, 0.4) is 0 Å². The van der Waals surface area contributed by atoms with Crippen molar-refractivity contribution >= 4 is 38.9 Å². The van der Waals surface area contributed by atoms with Crippen LogP contribution in [0.15, 0.2) is 75.5 Å². The maximum absolute atomic E-state index is 13.0. The van der Waals surface area contributed by atoms with E-state index in [1.165, 1.54) is 24.3 Å². The number of sulfone groups is 1. The zero-order valence-corrected chi connectivity index (χ0v) is 15.8. The van der Waals surface area contributed by atoms with E-state index in [2.05, 4.69) is 16.9 Å². The molecule has 3 rings (SSSR count). The Kier molecular flexibility index (Phi) is 5.36. The number of nitrogens with one attached hydrogen (secondary N) is 1. The third-order valence-electron chi connectivity index (χ3n) is 3.49. The molecule has 1 heterocycles. The van der Waals surface area contributed by atoms with Crippen molar-refractivity contribution in [3.8, 4) is 11.5 Å². The molecule has 2 aromatic carbocycles. The minimum absolute atomic E-state index is 0.0229. The second-order valence-corrected chi connectivity index (χ2v) is 7.97. The Morgan fingerprint density at radius 3 is 2.46 bits per heavy atom. The summed E-state index contributed by atoms with van der Waals surface area (Å²) in [6.07, 6.45) is 1.58. The molecular weight excluding hydrogens is 395 g/mol. The molecule has 134 valence electrons. The normalized spacial score (nSPS) is 11.3. The number of anilines is 1. The average Bonchev–Trinajstić information content (AvgIpc) is 3.05. The zero-order chi connectivity index (χ0) is 18.7. The second kappa shape index (κ2) is 7.53. The lowest BCUT2D eigenvalue weighted by molar-refractivity contribution is 0.579. The molecule has 8 heteroatoms. The number of hydrogen-bond donors (Lipinski definition) is 1. The van der Waals surface area contributed by atoms with E-state index in [1.54, 1.807) is 30.3 Å². The lowest BCUT2D eigenvalue weighted by Gasteiger charge is -2.04. The SMILES string of the molecule is C=CCNc1oc(-c2ccccc2Cl)nc1S(=O)(=O)c1ccc(Cl)cc1. The summed E-state index contributed by atoms with van der Waals surface area (Å²) in [5, 5.41) is 3.48. The number of hydrogen-bond acceptors (Lipinski definition) is 5. The fourth-order valence-corrected chi connectivity index (χ4v) is 3.86. The first-order valence-electron chi connectivity index (χ1n) is 7.54. The third kappa shape index (κ3) is 3.62. The van der Waals surface area contributed by atoms with E-state index in [0.29, 0.717) is 22.2 Å². The first kappa shape index (κ1) is 18.5. The molecular formula is C18H14Cl2N2O3S. The summed E-state index contributed by atoms with van der Waals surface area (Å²) in [6, 6.07) is 12.7. The molecule has 0 aliphatic heterocycles. The van der Waals surface area contributed by atoms with Crippen LogP contribution in [-0.4, -0.2) is 19.9 Å². The Hall–Kier alpha value is -2.28. The Labute approximate surface area is 161 Å². The summed E-state index contributed by atoms with van der Waals surface area (Å²) in [6.45, 7) is 3.91. The molecule has 0 spiro atoms. The summed E-state index contributed by atoms with van der Waals surface area (Å²) >= 11 is 12.0. The Bertz CT molecular complexity index is 1040. The van der Waals surface area contributed by atoms with Crippen LogP contribution in [0.2, 0.25) is 10.0 Å². The number of benzene rings is 2. The van der Waals surface area contributed by atoms with Crippen LogP contribution in [0, 0.1) is 0 Å². The van der Waals surface area contributed by atoms with Crippen LogP contribution < -0.4 is 5.32 Å². The molecule has 0 saturated carbocycles. The fraction of sp³-hybridized carbons (Fsp3) is 0.0556. The molecule has 1 aromatic heterocycles. The molecule has 0 saturated heterocycles. The van der Waals surface area contributed by atoms with Gasteiger partial charge in [0, 0.05) is 11.6 Å². The van der Waals surface area contributed by atoms with Gasteiger partial charge in [0.25, 0.3) is 0 Å². The van der Waals surface area contributed by atoms with E-state index in [1.807, 2.05) is 0 Å². The average molecular weight is 409 g/mol. The van der Waals surface area contributed by atoms with Gasteiger partial charge in [0.15, 0.2) is 0 Å². The summed E-state index contributed by atoms with van der Waals surface area (Å²) < 4.78 is 31.6. The van der Waals surface area contributed by atoms with E-state index in [0.717, 1.165) is 0 Å². The van der Waals surface area contributed by atoms with Crippen LogP contribution in [-0.2, 0) is 9.84 Å². The van der Waals surface area contributed by atoms with Crippen LogP contribution >= 0.6 is 23.2 Å². The Balaban J connectivity index is 2.14. The van der Waals surface area contributed by atoms with Gasteiger partial charge in [0.2, 0.25) is 26.6 Å². The highest BCUT2D eigenvalue weighted by molar-refractivity contribution is 7.91. The first-order chi connectivity index (χ1) is 12.4. The molecule has 0 bridgehead atoms. The van der Waals surface area contributed by atoms with E-state index >= 15 is 0 Å². The Morgan fingerprint density at radius 1 is 1.12 bits per heavy atom. The van der Waals surface area contributed by atoms with Gasteiger partial charge in [0.1, 0.15) is 0 Å². The summed E-state index contributed by atoms with van der Waals surface area (Å²) in [5.74, 6) is 0.129. The molecule has 26 heavy (non-hydrogen) atoms. The number of rotatable bonds is 6. The van der Waals surface area contributed by atoms with Crippen LogP contribution in [0.1, 0.15) is 0 Å². The first-order valence-corrected chi connectivity index (χ1v) is 9.78. The molecule has 0 radical (unpaired) electrons. The van der Waals surface area contributed by atoms with Gasteiger partial charge in [-0.15, -0.1) is 6.58 Å². The predicted molar refractivity (Wildman–Crippen MR) is 103 cm³/mol. The van der Waals surface area contributed by atoms with Gasteiger partial charge in [0.05, 0.1) is 15.5 Å². The van der Waals surface area contributed by atoms with Crippen molar-refractivity contribution in [2.24, 2.45) is 0 Å². The number of nitrogens with zero attached hydrogens (tertiary/aromatic N) is 1. The van der Waals surface area contributed by atoms with E-state index in [4.69, 9.17) is 27.6 Å². The van der Waals surface area contributed by atoms with Crippen molar-refractivity contribution < 1.29 is 12.8 Å². The number of aromatic nitrogens is 1. The van der Waals surface area contributed by atoms with Crippen LogP contribution in [0.5, 0.6) is 0 Å². The number of oxazole rings is 1. The van der Waals surface area contributed by atoms with Crippen molar-refractivity contribution in [1.29, 1.82) is 0 Å². The largest absolute Gasteiger partial charge is 0.419 e. The minimum atomic E-state index is -3.92. The van der Waals surface area contributed by atoms with Crippen LogP contribution in [0.4, 0.5) is 5.88 Å². The molecule has 0 amide bonds. The van der Waals surface area contributed by atoms with Gasteiger partial charge < -0.3 is 9.73 Å². The minimum Gasteiger partial charge on any atom is -0.419 e. The van der Waals surface area contributed by atoms with Gasteiger partial charge in [-0.25, -0.2) is 8.42 Å². The Morgan fingerprint density at radius 2 is 1.81 bits per heavy atom. The lowest BCUT2D eigenvalue weighted by atomic mass is 10.2. The van der Waals surface area contributed by atoms with Crippen molar-refractivity contribution in [3.63, 3.8) is 0 Å². The molecule has 0 aliphatic carbocycles. The molecule has 0 atom stereocenters. The summed E-state index contributed by atoms with van der Waals surface area (Å²) in [7, 11) is -3.92. The quantitative estimate of drug-likeness (QED) is 0.575. The topological polar surface area (TPSA) is 72.2 Å². The highest BCUT2D eigenvalue weighted by Crippen LogP contribution is 2.35. The van der Waals surface area contributed by atoms with Gasteiger partial charge in [-0.05, 0) is 36.4 Å². The van der Waals surface area contributed by atoms with E-state index in [-0.39, 0.29) is 21.7 Å². The van der Waals surface area contributed by atoms with Crippen LogP contribution in [0.25, 0.3) is 11.5 Å². The van der Waals surface area contributed by atoms with Gasteiger partial charge in [-0.2, -0.15) is 4.98 Å². The third-order valence-corrected chi connectivity index (χ3v) is 5.75. The fourth-order valence-electron chi connectivity index (χ4n) is 2.24. The van der Waals surface area contributed by atoms with Gasteiger partial charge in [-0.3, -0.25) is 0 Å².